The first-order chi connectivity index (χ1) is 11.2. The Kier molecular flexibility index (Phi) is 6.36. The molecule has 0 atom stereocenters. The minimum atomic E-state index is -0.484. The number of hydrogen-bond acceptors (Lipinski definition) is 4. The maximum absolute atomic E-state index is 13.7. The summed E-state index contributed by atoms with van der Waals surface area (Å²) in [6.07, 6.45) is 2.06. The van der Waals surface area contributed by atoms with Gasteiger partial charge in [-0.2, -0.15) is 5.26 Å². The van der Waals surface area contributed by atoms with E-state index in [9.17, 15) is 9.18 Å². The van der Waals surface area contributed by atoms with E-state index in [1.807, 2.05) is 11.0 Å². The van der Waals surface area contributed by atoms with Gasteiger partial charge < -0.3 is 10.2 Å². The summed E-state index contributed by atoms with van der Waals surface area (Å²) in [5.41, 5.74) is 0.734. The minimum Gasteiger partial charge on any atom is -0.368 e. The Morgan fingerprint density at radius 2 is 2.09 bits per heavy atom. The second-order valence-electron chi connectivity index (χ2n) is 5.71. The number of unbranched alkanes of at least 4 members (excludes halogenated alkanes) is 1. The van der Waals surface area contributed by atoms with Crippen LogP contribution in [0.4, 0.5) is 10.1 Å². The van der Waals surface area contributed by atoms with Crippen molar-refractivity contribution in [3.63, 3.8) is 0 Å². The Morgan fingerprint density at radius 1 is 1.35 bits per heavy atom. The van der Waals surface area contributed by atoms with Crippen LogP contribution in [0.2, 0.25) is 0 Å². The summed E-state index contributed by atoms with van der Waals surface area (Å²) in [6.45, 7) is 6.02. The Morgan fingerprint density at radius 3 is 2.74 bits per heavy atom. The zero-order chi connectivity index (χ0) is 16.7. The van der Waals surface area contributed by atoms with Crippen molar-refractivity contribution < 1.29 is 9.18 Å². The van der Waals surface area contributed by atoms with E-state index in [-0.39, 0.29) is 11.5 Å². The van der Waals surface area contributed by atoms with E-state index in [1.165, 1.54) is 6.07 Å². The normalized spacial score (nSPS) is 15.3. The molecule has 2 rings (SSSR count). The maximum atomic E-state index is 13.7. The second kappa shape index (κ2) is 8.49. The zero-order valence-corrected chi connectivity index (χ0v) is 13.5. The van der Waals surface area contributed by atoms with E-state index in [1.54, 1.807) is 12.1 Å². The van der Waals surface area contributed by atoms with Gasteiger partial charge in [-0.05, 0) is 18.6 Å². The molecule has 1 aliphatic heterocycles. The van der Waals surface area contributed by atoms with Gasteiger partial charge in [0.1, 0.15) is 17.4 Å². The lowest BCUT2D eigenvalue weighted by molar-refractivity contribution is -0.122. The molecule has 0 spiro atoms. The molecule has 124 valence electrons. The van der Waals surface area contributed by atoms with Gasteiger partial charge in [-0.3, -0.25) is 9.69 Å². The molecule has 6 heteroatoms. The van der Waals surface area contributed by atoms with E-state index < -0.39 is 5.82 Å². The van der Waals surface area contributed by atoms with Gasteiger partial charge in [0.05, 0.1) is 12.2 Å². The third-order valence-electron chi connectivity index (χ3n) is 4.04. The lowest BCUT2D eigenvalue weighted by atomic mass is 10.1. The van der Waals surface area contributed by atoms with Gasteiger partial charge in [-0.25, -0.2) is 4.39 Å². The molecule has 0 unspecified atom stereocenters. The fraction of sp³-hybridized carbons (Fsp3) is 0.529. The van der Waals surface area contributed by atoms with E-state index in [2.05, 4.69) is 17.1 Å². The van der Waals surface area contributed by atoms with Crippen LogP contribution in [0.1, 0.15) is 25.3 Å². The zero-order valence-electron chi connectivity index (χ0n) is 13.5. The molecular formula is C17H23FN4O. The smallest absolute Gasteiger partial charge is 0.234 e. The third kappa shape index (κ3) is 4.67. The molecule has 1 saturated heterocycles. The lowest BCUT2D eigenvalue weighted by Crippen LogP contribution is -2.49. The van der Waals surface area contributed by atoms with Crippen LogP contribution >= 0.6 is 0 Å². The van der Waals surface area contributed by atoms with Crippen molar-refractivity contribution in [1.29, 1.82) is 5.26 Å². The van der Waals surface area contributed by atoms with Crippen molar-refractivity contribution in [1.82, 2.24) is 10.2 Å². The van der Waals surface area contributed by atoms with Crippen LogP contribution in [0.5, 0.6) is 0 Å². The summed E-state index contributed by atoms with van der Waals surface area (Å²) >= 11 is 0. The van der Waals surface area contributed by atoms with Crippen LogP contribution in [-0.4, -0.2) is 50.1 Å². The Hall–Kier alpha value is -2.13. The summed E-state index contributed by atoms with van der Waals surface area (Å²) in [5.74, 6) is -0.432. The summed E-state index contributed by atoms with van der Waals surface area (Å²) in [4.78, 5) is 15.9. The number of carbonyl (C=O) groups is 1. The molecule has 1 fully saturated rings. The molecule has 5 nitrogen and oxygen atoms in total. The Bertz CT molecular complexity index is 576. The number of benzene rings is 1. The van der Waals surface area contributed by atoms with Crippen molar-refractivity contribution in [2.75, 3.05) is 44.2 Å². The standard InChI is InChI=1S/C17H23FN4O/c1-2-3-7-20-17(23)13-21-8-10-22(11-9-21)16-6-4-5-15(18)14(16)12-19/h4-6H,2-3,7-11,13H2,1H3,(H,20,23). The second-order valence-corrected chi connectivity index (χ2v) is 5.71. The molecule has 0 bridgehead atoms. The molecule has 1 aliphatic rings. The van der Waals surface area contributed by atoms with Crippen molar-refractivity contribution in [2.24, 2.45) is 0 Å². The first-order valence-corrected chi connectivity index (χ1v) is 8.08. The first kappa shape index (κ1) is 17.2. The van der Waals surface area contributed by atoms with Crippen molar-refractivity contribution in [3.8, 4) is 6.07 Å². The van der Waals surface area contributed by atoms with Gasteiger partial charge in [0.2, 0.25) is 5.91 Å². The average Bonchev–Trinajstić information content (AvgIpc) is 2.55. The predicted molar refractivity (Wildman–Crippen MR) is 87.7 cm³/mol. The molecule has 23 heavy (non-hydrogen) atoms. The summed E-state index contributed by atoms with van der Waals surface area (Å²) < 4.78 is 13.7. The highest BCUT2D eigenvalue weighted by atomic mass is 19.1. The number of rotatable bonds is 6. The third-order valence-corrected chi connectivity index (χ3v) is 4.04. The fourth-order valence-corrected chi connectivity index (χ4v) is 2.70. The van der Waals surface area contributed by atoms with E-state index in [4.69, 9.17) is 5.26 Å². The van der Waals surface area contributed by atoms with Crippen LogP contribution in [0.25, 0.3) is 0 Å². The molecule has 1 N–H and O–H groups in total. The number of amides is 1. The highest BCUT2D eigenvalue weighted by Crippen LogP contribution is 2.23. The van der Waals surface area contributed by atoms with Crippen molar-refractivity contribution in [2.45, 2.75) is 19.8 Å². The summed E-state index contributed by atoms with van der Waals surface area (Å²) in [5, 5.41) is 12.0. The number of nitrogens with one attached hydrogen (secondary N) is 1. The van der Waals surface area contributed by atoms with Crippen LogP contribution in [0, 0.1) is 17.1 Å². The quantitative estimate of drug-likeness (QED) is 0.812. The van der Waals surface area contributed by atoms with E-state index in [0.29, 0.717) is 25.3 Å². The summed E-state index contributed by atoms with van der Waals surface area (Å²) in [6, 6.07) is 6.64. The topological polar surface area (TPSA) is 59.4 Å². The first-order valence-electron chi connectivity index (χ1n) is 8.08. The van der Waals surface area contributed by atoms with Gasteiger partial charge in [0, 0.05) is 32.7 Å². The van der Waals surface area contributed by atoms with Gasteiger partial charge in [-0.15, -0.1) is 0 Å². The predicted octanol–water partition coefficient (Wildman–Crippen LogP) is 1.74. The molecule has 0 saturated carbocycles. The lowest BCUT2D eigenvalue weighted by Gasteiger charge is -2.36. The number of nitrogens with zero attached hydrogens (tertiary/aromatic N) is 3. The number of carbonyl (C=O) groups excluding carboxylic acids is 1. The number of anilines is 1. The number of hydrogen-bond donors (Lipinski definition) is 1. The highest BCUT2D eigenvalue weighted by molar-refractivity contribution is 5.78. The van der Waals surface area contributed by atoms with Gasteiger partial charge in [0.25, 0.3) is 0 Å². The molecule has 0 radical (unpaired) electrons. The average molecular weight is 318 g/mol. The van der Waals surface area contributed by atoms with Gasteiger partial charge in [0.15, 0.2) is 0 Å². The Labute approximate surface area is 136 Å². The molecule has 0 aromatic heterocycles. The number of nitriles is 1. The molecular weight excluding hydrogens is 295 g/mol. The highest BCUT2D eigenvalue weighted by Gasteiger charge is 2.21. The minimum absolute atomic E-state index is 0.0513. The monoisotopic (exact) mass is 318 g/mol. The largest absolute Gasteiger partial charge is 0.368 e. The van der Waals surface area contributed by atoms with Crippen molar-refractivity contribution in [3.05, 3.63) is 29.6 Å². The molecule has 0 aliphatic carbocycles. The van der Waals surface area contributed by atoms with Crippen LogP contribution in [0.3, 0.4) is 0 Å². The molecule has 1 heterocycles. The number of piperazine rings is 1. The van der Waals surface area contributed by atoms with E-state index in [0.717, 1.165) is 32.5 Å². The van der Waals surface area contributed by atoms with Gasteiger partial charge >= 0.3 is 0 Å². The van der Waals surface area contributed by atoms with Crippen molar-refractivity contribution >= 4 is 11.6 Å². The maximum Gasteiger partial charge on any atom is 0.234 e. The Balaban J connectivity index is 1.86. The van der Waals surface area contributed by atoms with Crippen LogP contribution in [0.15, 0.2) is 18.2 Å². The molecule has 1 aromatic rings. The van der Waals surface area contributed by atoms with Crippen LogP contribution < -0.4 is 10.2 Å². The van der Waals surface area contributed by atoms with Crippen LogP contribution in [-0.2, 0) is 4.79 Å². The molecule has 1 aromatic carbocycles. The van der Waals surface area contributed by atoms with E-state index >= 15 is 0 Å². The molecule has 1 amide bonds. The number of halogens is 1. The fourth-order valence-electron chi connectivity index (χ4n) is 2.70. The SMILES string of the molecule is CCCCNC(=O)CN1CCN(c2cccc(F)c2C#N)CC1. The summed E-state index contributed by atoms with van der Waals surface area (Å²) in [7, 11) is 0. The van der Waals surface area contributed by atoms with Gasteiger partial charge in [-0.1, -0.05) is 19.4 Å².